The molecule has 0 bridgehead atoms. The van der Waals surface area contributed by atoms with Gasteiger partial charge in [0, 0.05) is 19.2 Å². The summed E-state index contributed by atoms with van der Waals surface area (Å²) in [6.45, 7) is 3.37. The highest BCUT2D eigenvalue weighted by Gasteiger charge is 2.06. The molecule has 1 heterocycles. The van der Waals surface area contributed by atoms with Gasteiger partial charge in [0.1, 0.15) is 17.5 Å². The Bertz CT molecular complexity index is 900. The molecule has 0 unspecified atom stereocenters. The van der Waals surface area contributed by atoms with E-state index in [0.29, 0.717) is 0 Å². The summed E-state index contributed by atoms with van der Waals surface area (Å²) in [6.07, 6.45) is 0.843. The number of nitrogens with zero attached hydrogens (tertiary/aromatic N) is 2. The van der Waals surface area contributed by atoms with Crippen molar-refractivity contribution in [2.24, 2.45) is 0 Å². The van der Waals surface area contributed by atoms with Gasteiger partial charge in [0.05, 0.1) is 14.2 Å². The molecular weight excluding hydrogens is 352 g/mol. The van der Waals surface area contributed by atoms with Gasteiger partial charge in [-0.1, -0.05) is 36.4 Å². The molecular formula is C22H26N4O2. The molecule has 2 aromatic carbocycles. The molecule has 0 spiro atoms. The molecule has 2 N–H and O–H groups in total. The Morgan fingerprint density at radius 1 is 0.786 bits per heavy atom. The lowest BCUT2D eigenvalue weighted by molar-refractivity contribution is 0.354. The Morgan fingerprint density at radius 2 is 1.50 bits per heavy atom. The van der Waals surface area contributed by atoms with Gasteiger partial charge < -0.3 is 20.1 Å². The lowest BCUT2D eigenvalue weighted by Crippen LogP contribution is -2.09. The number of nitrogens with one attached hydrogen (secondary N) is 2. The molecule has 0 amide bonds. The topological polar surface area (TPSA) is 68.3 Å². The third-order valence-electron chi connectivity index (χ3n) is 4.32. The van der Waals surface area contributed by atoms with Gasteiger partial charge in [-0.05, 0) is 36.6 Å². The van der Waals surface area contributed by atoms with E-state index in [2.05, 4.69) is 32.7 Å². The van der Waals surface area contributed by atoms with Crippen LogP contribution in [0.15, 0.2) is 54.6 Å². The van der Waals surface area contributed by atoms with Crippen molar-refractivity contribution in [2.75, 3.05) is 31.4 Å². The summed E-state index contributed by atoms with van der Waals surface area (Å²) < 4.78 is 10.6. The van der Waals surface area contributed by atoms with Crippen LogP contribution in [-0.4, -0.2) is 30.7 Å². The first-order valence-corrected chi connectivity index (χ1v) is 9.26. The number of aryl methyl sites for hydroxylation is 1. The largest absolute Gasteiger partial charge is 0.493 e. The van der Waals surface area contributed by atoms with Crippen molar-refractivity contribution in [1.29, 1.82) is 0 Å². The van der Waals surface area contributed by atoms with E-state index in [1.165, 1.54) is 11.1 Å². The minimum Gasteiger partial charge on any atom is -0.493 e. The van der Waals surface area contributed by atoms with Crippen LogP contribution in [0.3, 0.4) is 0 Å². The molecule has 3 rings (SSSR count). The molecule has 28 heavy (non-hydrogen) atoms. The van der Waals surface area contributed by atoms with Gasteiger partial charge in [-0.25, -0.2) is 9.97 Å². The van der Waals surface area contributed by atoms with Crippen LogP contribution in [0.5, 0.6) is 11.5 Å². The quantitative estimate of drug-likeness (QED) is 0.585. The zero-order valence-corrected chi connectivity index (χ0v) is 16.5. The van der Waals surface area contributed by atoms with Crippen LogP contribution in [0.1, 0.15) is 17.0 Å². The van der Waals surface area contributed by atoms with Gasteiger partial charge in [-0.15, -0.1) is 0 Å². The van der Waals surface area contributed by atoms with Crippen LogP contribution in [0.25, 0.3) is 0 Å². The molecule has 0 aliphatic carbocycles. The number of hydrogen-bond donors (Lipinski definition) is 2. The zero-order chi connectivity index (χ0) is 19.8. The van der Waals surface area contributed by atoms with Crippen LogP contribution < -0.4 is 20.1 Å². The number of benzene rings is 2. The van der Waals surface area contributed by atoms with E-state index in [4.69, 9.17) is 9.47 Å². The molecule has 3 aromatic rings. The first kappa shape index (κ1) is 19.5. The van der Waals surface area contributed by atoms with Crippen LogP contribution in [0.4, 0.5) is 11.6 Å². The molecule has 0 atom stereocenters. The summed E-state index contributed by atoms with van der Waals surface area (Å²) in [4.78, 5) is 8.94. The van der Waals surface area contributed by atoms with Gasteiger partial charge in [-0.3, -0.25) is 0 Å². The highest BCUT2D eigenvalue weighted by molar-refractivity contribution is 5.48. The van der Waals surface area contributed by atoms with Crippen LogP contribution in [-0.2, 0) is 13.0 Å². The summed E-state index contributed by atoms with van der Waals surface area (Å²) >= 11 is 0. The van der Waals surface area contributed by atoms with E-state index in [1.807, 2.05) is 49.4 Å². The summed E-state index contributed by atoms with van der Waals surface area (Å²) in [6, 6.07) is 18.1. The van der Waals surface area contributed by atoms with Crippen molar-refractivity contribution >= 4 is 11.6 Å². The standard InChI is InChI=1S/C22H26N4O2/c1-16-25-21(14-22(26-16)24-15-18-7-5-4-6-8-18)23-12-11-17-9-10-19(27-2)20(13-17)28-3/h4-10,13-14H,11-12,15H2,1-3H3,(H2,23,24,25,26). The molecule has 6 heteroatoms. The molecule has 0 saturated carbocycles. The fourth-order valence-electron chi connectivity index (χ4n) is 2.91. The number of anilines is 2. The smallest absolute Gasteiger partial charge is 0.160 e. The third kappa shape index (κ3) is 5.36. The molecule has 0 aliphatic rings. The molecule has 1 aromatic heterocycles. The summed E-state index contributed by atoms with van der Waals surface area (Å²) in [7, 11) is 3.29. The summed E-state index contributed by atoms with van der Waals surface area (Å²) in [5.41, 5.74) is 2.38. The second-order valence-electron chi connectivity index (χ2n) is 6.39. The first-order valence-electron chi connectivity index (χ1n) is 9.26. The Labute approximate surface area is 166 Å². The second kappa shape index (κ2) is 9.60. The first-order chi connectivity index (χ1) is 13.7. The number of aromatic nitrogens is 2. The van der Waals surface area contributed by atoms with E-state index >= 15 is 0 Å². The van der Waals surface area contributed by atoms with Crippen molar-refractivity contribution in [3.8, 4) is 11.5 Å². The zero-order valence-electron chi connectivity index (χ0n) is 16.5. The SMILES string of the molecule is COc1ccc(CCNc2cc(NCc3ccccc3)nc(C)n2)cc1OC. The molecule has 0 saturated heterocycles. The van der Waals surface area contributed by atoms with Crippen LogP contribution >= 0.6 is 0 Å². The average molecular weight is 378 g/mol. The summed E-state index contributed by atoms with van der Waals surface area (Å²) in [5, 5.41) is 6.73. The highest BCUT2D eigenvalue weighted by atomic mass is 16.5. The lowest BCUT2D eigenvalue weighted by atomic mass is 10.1. The lowest BCUT2D eigenvalue weighted by Gasteiger charge is -2.12. The van der Waals surface area contributed by atoms with Crippen molar-refractivity contribution < 1.29 is 9.47 Å². The summed E-state index contributed by atoms with van der Waals surface area (Å²) in [5.74, 6) is 3.82. The number of hydrogen-bond acceptors (Lipinski definition) is 6. The fourth-order valence-corrected chi connectivity index (χ4v) is 2.91. The van der Waals surface area contributed by atoms with E-state index in [9.17, 15) is 0 Å². The van der Waals surface area contributed by atoms with Crippen LogP contribution in [0.2, 0.25) is 0 Å². The molecule has 6 nitrogen and oxygen atoms in total. The maximum atomic E-state index is 5.36. The highest BCUT2D eigenvalue weighted by Crippen LogP contribution is 2.27. The Morgan fingerprint density at radius 3 is 2.21 bits per heavy atom. The molecule has 0 aliphatic heterocycles. The minimum atomic E-state index is 0.725. The van der Waals surface area contributed by atoms with Gasteiger partial charge in [-0.2, -0.15) is 0 Å². The third-order valence-corrected chi connectivity index (χ3v) is 4.32. The predicted molar refractivity (Wildman–Crippen MR) is 112 cm³/mol. The van der Waals surface area contributed by atoms with Gasteiger partial charge >= 0.3 is 0 Å². The van der Waals surface area contributed by atoms with E-state index in [-0.39, 0.29) is 0 Å². The Hall–Kier alpha value is -3.28. The maximum Gasteiger partial charge on any atom is 0.160 e. The number of rotatable bonds is 9. The van der Waals surface area contributed by atoms with Gasteiger partial charge in [0.2, 0.25) is 0 Å². The van der Waals surface area contributed by atoms with E-state index in [0.717, 1.165) is 48.5 Å². The second-order valence-corrected chi connectivity index (χ2v) is 6.39. The van der Waals surface area contributed by atoms with Crippen LogP contribution in [0, 0.1) is 6.92 Å². The average Bonchev–Trinajstić information content (AvgIpc) is 2.72. The van der Waals surface area contributed by atoms with Gasteiger partial charge in [0.25, 0.3) is 0 Å². The maximum absolute atomic E-state index is 5.36. The molecule has 0 fully saturated rings. The fraction of sp³-hybridized carbons (Fsp3) is 0.273. The predicted octanol–water partition coefficient (Wildman–Crippen LogP) is 4.07. The molecule has 0 radical (unpaired) electrons. The monoisotopic (exact) mass is 378 g/mol. The minimum absolute atomic E-state index is 0.725. The van der Waals surface area contributed by atoms with E-state index < -0.39 is 0 Å². The van der Waals surface area contributed by atoms with Crippen molar-refractivity contribution in [3.63, 3.8) is 0 Å². The number of methoxy groups -OCH3 is 2. The van der Waals surface area contributed by atoms with Crippen molar-refractivity contribution in [3.05, 3.63) is 71.5 Å². The normalized spacial score (nSPS) is 10.4. The van der Waals surface area contributed by atoms with Crippen molar-refractivity contribution in [2.45, 2.75) is 19.9 Å². The van der Waals surface area contributed by atoms with Gasteiger partial charge in [0.15, 0.2) is 11.5 Å². The Balaban J connectivity index is 1.58. The van der Waals surface area contributed by atoms with E-state index in [1.54, 1.807) is 14.2 Å². The Kier molecular flexibility index (Phi) is 6.68. The van der Waals surface area contributed by atoms with Crippen molar-refractivity contribution in [1.82, 2.24) is 9.97 Å². The molecule has 146 valence electrons. The number of ether oxygens (including phenoxy) is 2.